The average molecular weight is 416 g/mol. The van der Waals surface area contributed by atoms with Crippen LogP contribution in [0.25, 0.3) is 0 Å². The Morgan fingerprint density at radius 1 is 0.737 bits per heavy atom. The molecule has 19 heavy (non-hydrogen) atoms. The minimum absolute atomic E-state index is 0.603. The molecule has 0 aromatic rings. The Labute approximate surface area is 120 Å². The molecular formula is C8H2Cl2O8Sn. The van der Waals surface area contributed by atoms with E-state index in [1.807, 2.05) is 0 Å². The standard InChI is InChI=1S/2C4H3ClO4.Sn/c2*5-2(4(8)9)1-3(6)7;/h2*1H,(H,6,7)(H,8,9);/q;;+4/p-4. The molecule has 0 amide bonds. The van der Waals surface area contributed by atoms with Gasteiger partial charge in [-0.1, -0.05) is 0 Å². The van der Waals surface area contributed by atoms with Gasteiger partial charge in [-0.25, -0.2) is 0 Å². The zero-order chi connectivity index (χ0) is 14.2. The van der Waals surface area contributed by atoms with Crippen molar-refractivity contribution in [2.75, 3.05) is 0 Å². The Morgan fingerprint density at radius 3 is 1.47 bits per heavy atom. The Balaban J connectivity index is 2.38. The fourth-order valence-corrected chi connectivity index (χ4v) is 6.08. The van der Waals surface area contributed by atoms with Gasteiger partial charge in [0.05, 0.1) is 0 Å². The van der Waals surface area contributed by atoms with Gasteiger partial charge >= 0.3 is 121 Å². The average Bonchev–Trinajstić information content (AvgIpc) is 2.41. The maximum absolute atomic E-state index is 11.4. The quantitative estimate of drug-likeness (QED) is 0.504. The first-order chi connectivity index (χ1) is 8.81. The summed E-state index contributed by atoms with van der Waals surface area (Å²) < 4.78 is 18.6. The summed E-state index contributed by atoms with van der Waals surface area (Å²) in [4.78, 5) is 45.5. The summed E-state index contributed by atoms with van der Waals surface area (Å²) in [5, 5.41) is -1.21. The molecule has 0 saturated heterocycles. The van der Waals surface area contributed by atoms with E-state index < -0.39 is 54.0 Å². The van der Waals surface area contributed by atoms with Crippen LogP contribution in [0.15, 0.2) is 22.2 Å². The third-order valence-corrected chi connectivity index (χ3v) is 7.35. The molecule has 0 N–H and O–H groups in total. The number of rotatable bonds is 0. The number of carbonyl (C=O) groups is 4. The molecule has 2 heterocycles. The van der Waals surface area contributed by atoms with E-state index in [-0.39, 0.29) is 0 Å². The van der Waals surface area contributed by atoms with Gasteiger partial charge in [-0.15, -0.1) is 0 Å². The molecule has 0 saturated carbocycles. The van der Waals surface area contributed by atoms with Crippen LogP contribution >= 0.6 is 23.2 Å². The van der Waals surface area contributed by atoms with E-state index >= 15 is 0 Å². The van der Waals surface area contributed by atoms with Gasteiger partial charge in [-0.3, -0.25) is 0 Å². The van der Waals surface area contributed by atoms with Crippen LogP contribution in [0.4, 0.5) is 0 Å². The van der Waals surface area contributed by atoms with E-state index in [0.29, 0.717) is 12.2 Å². The van der Waals surface area contributed by atoms with E-state index in [2.05, 4.69) is 12.3 Å². The van der Waals surface area contributed by atoms with Crippen LogP contribution in [0.1, 0.15) is 0 Å². The van der Waals surface area contributed by atoms with Crippen molar-refractivity contribution in [1.29, 1.82) is 0 Å². The Bertz CT molecular complexity index is 515. The van der Waals surface area contributed by atoms with Crippen LogP contribution in [-0.2, 0) is 31.5 Å². The molecule has 8 nitrogen and oxygen atoms in total. The monoisotopic (exact) mass is 416 g/mol. The van der Waals surface area contributed by atoms with Gasteiger partial charge in [0.2, 0.25) is 0 Å². The van der Waals surface area contributed by atoms with Crippen molar-refractivity contribution in [2.45, 2.75) is 0 Å². The molecule has 2 rings (SSSR count). The maximum atomic E-state index is 11.4. The van der Waals surface area contributed by atoms with Crippen LogP contribution in [0, 0.1) is 0 Å². The predicted octanol–water partition coefficient (Wildman–Crippen LogP) is -0.133. The van der Waals surface area contributed by atoms with Gasteiger partial charge in [0.1, 0.15) is 0 Å². The van der Waals surface area contributed by atoms with Crippen molar-refractivity contribution < 1.29 is 31.5 Å². The Kier molecular flexibility index (Phi) is 3.74. The van der Waals surface area contributed by atoms with Crippen molar-refractivity contribution in [3.05, 3.63) is 22.2 Å². The van der Waals surface area contributed by atoms with Crippen LogP contribution in [0.2, 0.25) is 0 Å². The molecule has 2 aliphatic rings. The SMILES string of the molecule is O=C1C=C(Cl)C(=O)[O][Sn]2([O]1)[O]C(=O)C=C(Cl)C(=O)[O]2. The van der Waals surface area contributed by atoms with Gasteiger partial charge in [-0.2, -0.15) is 0 Å². The first-order valence-corrected chi connectivity index (χ1v) is 9.90. The van der Waals surface area contributed by atoms with E-state index in [9.17, 15) is 19.2 Å². The number of halogens is 2. The second-order valence-corrected chi connectivity index (χ2v) is 9.10. The summed E-state index contributed by atoms with van der Waals surface area (Å²) in [6, 6.07) is 0. The molecule has 0 radical (unpaired) electrons. The van der Waals surface area contributed by atoms with Crippen molar-refractivity contribution in [3.8, 4) is 0 Å². The summed E-state index contributed by atoms with van der Waals surface area (Å²) in [5.74, 6) is -4.68. The number of hydrogen-bond donors (Lipinski definition) is 0. The first kappa shape index (κ1) is 14.2. The van der Waals surface area contributed by atoms with Crippen LogP contribution < -0.4 is 0 Å². The molecule has 0 aliphatic carbocycles. The van der Waals surface area contributed by atoms with Crippen LogP contribution in [0.5, 0.6) is 0 Å². The van der Waals surface area contributed by atoms with Gasteiger partial charge in [-0.05, 0) is 0 Å². The zero-order valence-corrected chi connectivity index (χ0v) is 13.0. The molecule has 0 aromatic heterocycles. The molecular weight excluding hydrogens is 414 g/mol. The Hall–Kier alpha value is -1.26. The van der Waals surface area contributed by atoms with Gasteiger partial charge in [0.15, 0.2) is 0 Å². The third kappa shape index (κ3) is 3.01. The summed E-state index contributed by atoms with van der Waals surface area (Å²) in [5.41, 5.74) is 0. The van der Waals surface area contributed by atoms with Crippen molar-refractivity contribution >= 4 is 67.1 Å². The van der Waals surface area contributed by atoms with Crippen LogP contribution in [-0.4, -0.2) is 43.9 Å². The summed E-state index contributed by atoms with van der Waals surface area (Å²) in [7, 11) is 0. The summed E-state index contributed by atoms with van der Waals surface area (Å²) in [6.45, 7) is 0. The van der Waals surface area contributed by atoms with E-state index in [4.69, 9.17) is 23.2 Å². The van der Waals surface area contributed by atoms with E-state index in [1.165, 1.54) is 0 Å². The van der Waals surface area contributed by atoms with Gasteiger partial charge in [0.25, 0.3) is 0 Å². The number of carbonyl (C=O) groups excluding carboxylic acids is 4. The van der Waals surface area contributed by atoms with Gasteiger partial charge < -0.3 is 0 Å². The minimum atomic E-state index is -5.54. The molecule has 11 heteroatoms. The molecule has 0 fully saturated rings. The van der Waals surface area contributed by atoms with Crippen LogP contribution in [0.3, 0.4) is 0 Å². The normalized spacial score (nSPS) is 22.2. The van der Waals surface area contributed by atoms with Crippen molar-refractivity contribution in [2.24, 2.45) is 0 Å². The first-order valence-electron chi connectivity index (χ1n) is 4.48. The second-order valence-electron chi connectivity index (χ2n) is 3.11. The molecule has 0 aromatic carbocycles. The van der Waals surface area contributed by atoms with Gasteiger partial charge in [0, 0.05) is 0 Å². The zero-order valence-electron chi connectivity index (χ0n) is 8.68. The fourth-order valence-electron chi connectivity index (χ4n) is 1.08. The molecule has 2 aliphatic heterocycles. The van der Waals surface area contributed by atoms with E-state index in [0.717, 1.165) is 0 Å². The second kappa shape index (κ2) is 5.02. The molecule has 0 atom stereocenters. The molecule has 0 bridgehead atoms. The van der Waals surface area contributed by atoms with Crippen molar-refractivity contribution in [3.63, 3.8) is 0 Å². The fraction of sp³-hybridized carbons (Fsp3) is 0. The van der Waals surface area contributed by atoms with E-state index in [1.54, 1.807) is 0 Å². The summed E-state index contributed by atoms with van der Waals surface area (Å²) in [6.07, 6.45) is 1.22. The predicted molar refractivity (Wildman–Crippen MR) is 58.0 cm³/mol. The van der Waals surface area contributed by atoms with Crippen molar-refractivity contribution in [1.82, 2.24) is 0 Å². The molecule has 1 spiro atoms. The molecule has 100 valence electrons. The number of hydrogen-bond acceptors (Lipinski definition) is 8. The third-order valence-electron chi connectivity index (χ3n) is 1.77. The molecule has 0 unspecified atom stereocenters. The Morgan fingerprint density at radius 2 is 1.11 bits per heavy atom. The summed E-state index contributed by atoms with van der Waals surface area (Å²) >= 11 is 5.28. The topological polar surface area (TPSA) is 105 Å².